The first kappa shape index (κ1) is 24.5. The quantitative estimate of drug-likeness (QED) is 0.173. The smallest absolute Gasteiger partial charge is 0.269 e. The predicted octanol–water partition coefficient (Wildman–Crippen LogP) is 5.80. The Bertz CT molecular complexity index is 1280. The molecule has 34 heavy (non-hydrogen) atoms. The fraction of sp³-hybridized carbons (Fsp3) is 0.120. The van der Waals surface area contributed by atoms with Gasteiger partial charge in [-0.15, -0.1) is 0 Å². The van der Waals surface area contributed by atoms with Crippen LogP contribution in [0.15, 0.2) is 70.7 Å². The molecule has 172 valence electrons. The van der Waals surface area contributed by atoms with Gasteiger partial charge in [-0.25, -0.2) is 0 Å². The first-order valence-electron chi connectivity index (χ1n) is 10.0. The molecule has 0 radical (unpaired) electrons. The molecule has 0 atom stereocenters. The first-order chi connectivity index (χ1) is 16.3. The third kappa shape index (κ3) is 6.21. The van der Waals surface area contributed by atoms with Crippen molar-refractivity contribution >= 4 is 39.3 Å². The number of nitro groups is 1. The van der Waals surface area contributed by atoms with Crippen LogP contribution < -0.4 is 14.8 Å². The van der Waals surface area contributed by atoms with Gasteiger partial charge in [-0.05, 0) is 60.5 Å². The van der Waals surface area contributed by atoms with E-state index in [-0.39, 0.29) is 17.9 Å². The van der Waals surface area contributed by atoms with Gasteiger partial charge in [0.2, 0.25) is 0 Å². The Hall–Kier alpha value is -4.16. The largest absolute Gasteiger partial charge is 0.493 e. The van der Waals surface area contributed by atoms with Crippen LogP contribution in [0, 0.1) is 28.4 Å². The van der Waals surface area contributed by atoms with Crippen molar-refractivity contribution < 1.29 is 19.2 Å². The Morgan fingerprint density at radius 2 is 1.82 bits per heavy atom. The second-order valence-corrected chi connectivity index (χ2v) is 8.08. The van der Waals surface area contributed by atoms with E-state index < -0.39 is 10.8 Å². The van der Waals surface area contributed by atoms with Crippen molar-refractivity contribution in [1.82, 2.24) is 0 Å². The zero-order chi connectivity index (χ0) is 24.7. The molecule has 1 amide bonds. The Morgan fingerprint density at radius 3 is 2.41 bits per heavy atom. The monoisotopic (exact) mass is 521 g/mol. The van der Waals surface area contributed by atoms with Crippen LogP contribution >= 0.6 is 15.9 Å². The SMILES string of the molecule is COc1cc(/C=C(\C#N)C(=O)Nc2ccc(C)cc2)c(Br)cc1OCc1ccc([N+](=O)[O-])cc1. The van der Waals surface area contributed by atoms with Crippen LogP contribution in [0.5, 0.6) is 11.5 Å². The summed E-state index contributed by atoms with van der Waals surface area (Å²) < 4.78 is 11.8. The molecule has 0 saturated heterocycles. The Morgan fingerprint density at radius 1 is 1.15 bits per heavy atom. The number of ether oxygens (including phenoxy) is 2. The van der Waals surface area contributed by atoms with Crippen LogP contribution in [0.4, 0.5) is 11.4 Å². The zero-order valence-electron chi connectivity index (χ0n) is 18.4. The highest BCUT2D eigenvalue weighted by Gasteiger charge is 2.14. The Kier molecular flexibility index (Phi) is 8.01. The molecule has 0 heterocycles. The van der Waals surface area contributed by atoms with Crippen LogP contribution in [0.2, 0.25) is 0 Å². The predicted molar refractivity (Wildman–Crippen MR) is 132 cm³/mol. The molecule has 3 rings (SSSR count). The highest BCUT2D eigenvalue weighted by atomic mass is 79.9. The third-order valence-corrected chi connectivity index (χ3v) is 5.49. The van der Waals surface area contributed by atoms with Crippen LogP contribution in [0.25, 0.3) is 6.08 Å². The van der Waals surface area contributed by atoms with Crippen molar-refractivity contribution in [3.63, 3.8) is 0 Å². The molecule has 3 aromatic rings. The van der Waals surface area contributed by atoms with Crippen molar-refractivity contribution in [3.8, 4) is 17.6 Å². The molecule has 0 bridgehead atoms. The number of non-ortho nitro benzene ring substituents is 1. The molecule has 8 nitrogen and oxygen atoms in total. The van der Waals surface area contributed by atoms with E-state index in [0.29, 0.717) is 27.2 Å². The van der Waals surface area contributed by atoms with Gasteiger partial charge < -0.3 is 14.8 Å². The second-order valence-electron chi connectivity index (χ2n) is 7.23. The summed E-state index contributed by atoms with van der Waals surface area (Å²) in [6.07, 6.45) is 1.45. The number of nitrogens with zero attached hydrogens (tertiary/aromatic N) is 2. The lowest BCUT2D eigenvalue weighted by atomic mass is 10.1. The summed E-state index contributed by atoms with van der Waals surface area (Å²) in [5.74, 6) is 0.288. The lowest BCUT2D eigenvalue weighted by molar-refractivity contribution is -0.384. The fourth-order valence-corrected chi connectivity index (χ4v) is 3.39. The van der Waals surface area contributed by atoms with Crippen molar-refractivity contribution in [3.05, 3.63) is 97.5 Å². The Balaban J connectivity index is 1.78. The zero-order valence-corrected chi connectivity index (χ0v) is 20.0. The molecule has 0 unspecified atom stereocenters. The maximum atomic E-state index is 12.6. The molecule has 0 fully saturated rings. The molecule has 0 aliphatic rings. The second kappa shape index (κ2) is 11.1. The van der Waals surface area contributed by atoms with Crippen molar-refractivity contribution in [1.29, 1.82) is 5.26 Å². The summed E-state index contributed by atoms with van der Waals surface area (Å²) in [4.78, 5) is 22.9. The number of methoxy groups -OCH3 is 1. The number of carbonyl (C=O) groups excluding carboxylic acids is 1. The topological polar surface area (TPSA) is 114 Å². The number of nitro benzene ring substituents is 1. The summed E-state index contributed by atoms with van der Waals surface area (Å²) in [6, 6.07) is 18.5. The molecular formula is C25H20BrN3O5. The molecule has 0 spiro atoms. The maximum absolute atomic E-state index is 12.6. The minimum atomic E-state index is -0.532. The van der Waals surface area contributed by atoms with E-state index in [1.165, 1.54) is 25.3 Å². The number of anilines is 1. The van der Waals surface area contributed by atoms with E-state index in [4.69, 9.17) is 9.47 Å². The number of rotatable bonds is 8. The molecule has 0 aliphatic heterocycles. The number of halogens is 1. The summed E-state index contributed by atoms with van der Waals surface area (Å²) >= 11 is 3.45. The number of nitrogens with one attached hydrogen (secondary N) is 1. The molecule has 1 N–H and O–H groups in total. The van der Waals surface area contributed by atoms with Gasteiger partial charge in [0, 0.05) is 22.3 Å². The minimum absolute atomic E-state index is 0.0000674. The Labute approximate surface area is 204 Å². The van der Waals surface area contributed by atoms with Crippen LogP contribution in [-0.2, 0) is 11.4 Å². The maximum Gasteiger partial charge on any atom is 0.269 e. The molecule has 3 aromatic carbocycles. The van der Waals surface area contributed by atoms with Crippen molar-refractivity contribution in [2.75, 3.05) is 12.4 Å². The highest BCUT2D eigenvalue weighted by Crippen LogP contribution is 2.35. The van der Waals surface area contributed by atoms with Gasteiger partial charge in [-0.2, -0.15) is 5.26 Å². The number of carbonyl (C=O) groups is 1. The molecular weight excluding hydrogens is 502 g/mol. The summed E-state index contributed by atoms with van der Waals surface area (Å²) in [6.45, 7) is 2.11. The minimum Gasteiger partial charge on any atom is -0.493 e. The van der Waals surface area contributed by atoms with E-state index in [1.807, 2.05) is 25.1 Å². The van der Waals surface area contributed by atoms with Gasteiger partial charge in [-0.1, -0.05) is 33.6 Å². The van der Waals surface area contributed by atoms with Crippen LogP contribution in [0.1, 0.15) is 16.7 Å². The van der Waals surface area contributed by atoms with Crippen molar-refractivity contribution in [2.45, 2.75) is 13.5 Å². The van der Waals surface area contributed by atoms with Gasteiger partial charge in [0.25, 0.3) is 11.6 Å². The van der Waals surface area contributed by atoms with Gasteiger partial charge in [0.05, 0.1) is 12.0 Å². The van der Waals surface area contributed by atoms with Gasteiger partial charge >= 0.3 is 0 Å². The van der Waals surface area contributed by atoms with Crippen molar-refractivity contribution in [2.24, 2.45) is 0 Å². The molecule has 0 saturated carbocycles. The standard InChI is InChI=1S/C25H20BrN3O5/c1-16-3-7-20(8-4-16)28-25(30)19(14-27)11-18-12-23(33-2)24(13-22(18)26)34-15-17-5-9-21(10-6-17)29(31)32/h3-13H,15H2,1-2H3,(H,28,30)/b19-11+. The molecule has 0 aliphatic carbocycles. The van der Waals surface area contributed by atoms with E-state index in [0.717, 1.165) is 11.1 Å². The van der Waals surface area contributed by atoms with E-state index >= 15 is 0 Å². The lowest BCUT2D eigenvalue weighted by Crippen LogP contribution is -2.13. The van der Waals surface area contributed by atoms with E-state index in [2.05, 4.69) is 21.2 Å². The number of hydrogen-bond donors (Lipinski definition) is 1. The average molecular weight is 522 g/mol. The highest BCUT2D eigenvalue weighted by molar-refractivity contribution is 9.10. The molecule has 0 aromatic heterocycles. The number of amides is 1. The number of hydrogen-bond acceptors (Lipinski definition) is 6. The summed E-state index contributed by atoms with van der Waals surface area (Å²) in [5, 5.41) is 23.0. The number of benzene rings is 3. The third-order valence-electron chi connectivity index (χ3n) is 4.80. The molecule has 9 heteroatoms. The first-order valence-corrected chi connectivity index (χ1v) is 10.8. The number of aryl methyl sites for hydroxylation is 1. The normalized spacial score (nSPS) is 10.8. The van der Waals surface area contributed by atoms with Crippen LogP contribution in [0.3, 0.4) is 0 Å². The fourth-order valence-electron chi connectivity index (χ4n) is 2.95. The van der Waals surface area contributed by atoms with Gasteiger partial charge in [-0.3, -0.25) is 14.9 Å². The van der Waals surface area contributed by atoms with Gasteiger partial charge in [0.15, 0.2) is 11.5 Å². The average Bonchev–Trinajstić information content (AvgIpc) is 2.83. The van der Waals surface area contributed by atoms with E-state index in [9.17, 15) is 20.2 Å². The van der Waals surface area contributed by atoms with Gasteiger partial charge in [0.1, 0.15) is 18.2 Å². The number of nitriles is 1. The summed E-state index contributed by atoms with van der Waals surface area (Å²) in [5.41, 5.74) is 2.86. The van der Waals surface area contributed by atoms with E-state index in [1.54, 1.807) is 36.4 Å². The lowest BCUT2D eigenvalue weighted by Gasteiger charge is -2.13. The van der Waals surface area contributed by atoms with Crippen LogP contribution in [-0.4, -0.2) is 17.9 Å². The summed E-state index contributed by atoms with van der Waals surface area (Å²) in [7, 11) is 1.48.